The number of azide groups is 1. The molecule has 0 bridgehead atoms. The Balaban J connectivity index is 3.67. The average Bonchev–Trinajstić information content (AvgIpc) is 2.13. The largest absolute Gasteiger partial charge is 0.229 e. The van der Waals surface area contributed by atoms with Gasteiger partial charge in [0, 0.05) is 11.5 Å². The smallest absolute Gasteiger partial charge is 0.150 e. The van der Waals surface area contributed by atoms with Gasteiger partial charge in [0.25, 0.3) is 0 Å². The van der Waals surface area contributed by atoms with Gasteiger partial charge in [-0.2, -0.15) is 0 Å². The molecule has 0 amide bonds. The highest BCUT2D eigenvalue weighted by molar-refractivity contribution is 7.91. The number of unbranched alkanes of at least 4 members (excludes halogenated alkanes) is 2. The number of nitrogens with zero attached hydrogens (tertiary/aromatic N) is 3. The van der Waals surface area contributed by atoms with Crippen LogP contribution in [-0.2, 0) is 9.84 Å². The van der Waals surface area contributed by atoms with Crippen molar-refractivity contribution in [1.29, 1.82) is 0 Å². The number of rotatable bonds is 8. The molecule has 0 saturated heterocycles. The maximum absolute atomic E-state index is 11.3. The summed E-state index contributed by atoms with van der Waals surface area (Å²) < 4.78 is 22.7. The van der Waals surface area contributed by atoms with Gasteiger partial charge in [0.05, 0.1) is 11.5 Å². The first-order valence-corrected chi connectivity index (χ1v) is 6.66. The Morgan fingerprint density at radius 3 is 2.43 bits per heavy atom. The Kier molecular flexibility index (Phi) is 7.24. The van der Waals surface area contributed by atoms with E-state index in [0.717, 1.165) is 19.3 Å². The van der Waals surface area contributed by atoms with Crippen LogP contribution in [0.5, 0.6) is 0 Å². The van der Waals surface area contributed by atoms with Crippen molar-refractivity contribution in [3.05, 3.63) is 10.4 Å². The van der Waals surface area contributed by atoms with E-state index in [4.69, 9.17) is 5.53 Å². The summed E-state index contributed by atoms with van der Waals surface area (Å²) in [5, 5.41) is 3.29. The minimum absolute atomic E-state index is 0.135. The van der Waals surface area contributed by atoms with E-state index in [1.807, 2.05) is 6.92 Å². The van der Waals surface area contributed by atoms with Crippen LogP contribution in [0.25, 0.3) is 10.4 Å². The maximum Gasteiger partial charge on any atom is 0.150 e. The normalized spacial score (nSPS) is 10.9. The second-order valence-corrected chi connectivity index (χ2v) is 5.47. The van der Waals surface area contributed by atoms with E-state index in [9.17, 15) is 8.42 Å². The lowest BCUT2D eigenvalue weighted by Crippen LogP contribution is -2.11. The Hall–Kier alpha value is -0.740. The van der Waals surface area contributed by atoms with Crippen molar-refractivity contribution in [2.45, 2.75) is 32.6 Å². The predicted molar refractivity (Wildman–Crippen MR) is 56.8 cm³/mol. The molecule has 0 saturated carbocycles. The van der Waals surface area contributed by atoms with E-state index in [2.05, 4.69) is 10.0 Å². The van der Waals surface area contributed by atoms with Crippen LogP contribution >= 0.6 is 0 Å². The lowest BCUT2D eigenvalue weighted by molar-refractivity contribution is 0.588. The Morgan fingerprint density at radius 1 is 1.21 bits per heavy atom. The summed E-state index contributed by atoms with van der Waals surface area (Å²) in [5.41, 5.74) is 7.98. The fraction of sp³-hybridized carbons (Fsp3) is 1.00. The van der Waals surface area contributed by atoms with Crippen molar-refractivity contribution in [2.75, 3.05) is 18.1 Å². The van der Waals surface area contributed by atoms with Crippen molar-refractivity contribution in [2.24, 2.45) is 5.11 Å². The lowest BCUT2D eigenvalue weighted by Gasteiger charge is -2.01. The number of hydrogen-bond donors (Lipinski definition) is 0. The summed E-state index contributed by atoms with van der Waals surface area (Å²) in [6.45, 7) is 2.30. The molecule has 14 heavy (non-hydrogen) atoms. The minimum atomic E-state index is -2.92. The molecule has 0 aromatic carbocycles. The van der Waals surface area contributed by atoms with E-state index in [1.165, 1.54) is 0 Å². The zero-order chi connectivity index (χ0) is 10.9. The molecule has 0 aliphatic heterocycles. The van der Waals surface area contributed by atoms with Crippen molar-refractivity contribution in [3.63, 3.8) is 0 Å². The van der Waals surface area contributed by atoms with Gasteiger partial charge in [0.15, 0.2) is 0 Å². The molecule has 0 unspecified atom stereocenters. The molecule has 0 spiro atoms. The fourth-order valence-electron chi connectivity index (χ4n) is 1.07. The quantitative estimate of drug-likeness (QED) is 0.271. The standard InChI is InChI=1S/C8H17N3O2S/c1-2-3-4-7-14(12,13)8-5-6-10-11-9/h2-8H2,1H3. The maximum atomic E-state index is 11.3. The first-order chi connectivity index (χ1) is 6.62. The zero-order valence-electron chi connectivity index (χ0n) is 8.52. The third-order valence-corrected chi connectivity index (χ3v) is 3.66. The molecular weight excluding hydrogens is 202 g/mol. The Morgan fingerprint density at radius 2 is 1.86 bits per heavy atom. The summed E-state index contributed by atoms with van der Waals surface area (Å²) in [6, 6.07) is 0. The molecule has 0 aromatic heterocycles. The molecule has 5 nitrogen and oxygen atoms in total. The topological polar surface area (TPSA) is 82.9 Å². The molecule has 0 aliphatic carbocycles. The third kappa shape index (κ3) is 7.89. The average molecular weight is 219 g/mol. The monoisotopic (exact) mass is 219 g/mol. The van der Waals surface area contributed by atoms with Crippen LogP contribution in [-0.4, -0.2) is 26.5 Å². The molecule has 0 N–H and O–H groups in total. The van der Waals surface area contributed by atoms with Gasteiger partial charge in [-0.3, -0.25) is 0 Å². The lowest BCUT2D eigenvalue weighted by atomic mass is 10.3. The highest BCUT2D eigenvalue weighted by atomic mass is 32.2. The second kappa shape index (κ2) is 7.64. The van der Waals surface area contributed by atoms with Gasteiger partial charge in [0.1, 0.15) is 9.84 Å². The van der Waals surface area contributed by atoms with Crippen LogP contribution in [0.3, 0.4) is 0 Å². The van der Waals surface area contributed by atoms with Crippen molar-refractivity contribution < 1.29 is 8.42 Å². The van der Waals surface area contributed by atoms with Crippen LogP contribution in [0, 0.1) is 0 Å². The van der Waals surface area contributed by atoms with E-state index in [-0.39, 0.29) is 18.1 Å². The molecule has 0 aromatic rings. The molecule has 0 fully saturated rings. The molecule has 0 atom stereocenters. The van der Waals surface area contributed by atoms with Crippen LogP contribution in [0.1, 0.15) is 32.6 Å². The van der Waals surface area contributed by atoms with Crippen LogP contribution < -0.4 is 0 Å². The molecule has 0 radical (unpaired) electrons. The molecule has 0 aliphatic rings. The van der Waals surface area contributed by atoms with E-state index >= 15 is 0 Å². The van der Waals surface area contributed by atoms with Gasteiger partial charge in [-0.25, -0.2) is 8.42 Å². The van der Waals surface area contributed by atoms with Crippen LogP contribution in [0.2, 0.25) is 0 Å². The zero-order valence-corrected chi connectivity index (χ0v) is 9.33. The Bertz CT molecular complexity index is 281. The molecule has 0 heterocycles. The minimum Gasteiger partial charge on any atom is -0.229 e. The SMILES string of the molecule is CCCCCS(=O)(=O)CCCN=[N+]=[N-]. The summed E-state index contributed by atoms with van der Waals surface area (Å²) in [6.07, 6.45) is 3.14. The highest BCUT2D eigenvalue weighted by Crippen LogP contribution is 2.01. The predicted octanol–water partition coefficient (Wildman–Crippen LogP) is 2.29. The fourth-order valence-corrected chi connectivity index (χ4v) is 2.49. The number of sulfone groups is 1. The number of hydrogen-bond acceptors (Lipinski definition) is 3. The molecule has 0 rings (SSSR count). The van der Waals surface area contributed by atoms with Gasteiger partial charge < -0.3 is 0 Å². The van der Waals surface area contributed by atoms with E-state index < -0.39 is 9.84 Å². The van der Waals surface area contributed by atoms with Crippen molar-refractivity contribution in [1.82, 2.24) is 0 Å². The second-order valence-electron chi connectivity index (χ2n) is 3.17. The van der Waals surface area contributed by atoms with E-state index in [1.54, 1.807) is 0 Å². The van der Waals surface area contributed by atoms with Crippen LogP contribution in [0.4, 0.5) is 0 Å². The van der Waals surface area contributed by atoms with Crippen LogP contribution in [0.15, 0.2) is 5.11 Å². The molecule has 82 valence electrons. The van der Waals surface area contributed by atoms with Gasteiger partial charge in [-0.15, -0.1) is 0 Å². The molecular formula is C8H17N3O2S. The van der Waals surface area contributed by atoms with Gasteiger partial charge in [0.2, 0.25) is 0 Å². The summed E-state index contributed by atoms with van der Waals surface area (Å²) in [4.78, 5) is 2.56. The van der Waals surface area contributed by atoms with Gasteiger partial charge >= 0.3 is 0 Å². The van der Waals surface area contributed by atoms with E-state index in [0.29, 0.717) is 6.42 Å². The summed E-state index contributed by atoms with van der Waals surface area (Å²) >= 11 is 0. The summed E-state index contributed by atoms with van der Waals surface area (Å²) in [7, 11) is -2.92. The van der Waals surface area contributed by atoms with Crippen molar-refractivity contribution >= 4 is 9.84 Å². The first kappa shape index (κ1) is 13.3. The molecule has 6 heteroatoms. The van der Waals surface area contributed by atoms with Crippen molar-refractivity contribution in [3.8, 4) is 0 Å². The Labute approximate surface area is 85.1 Å². The highest BCUT2D eigenvalue weighted by Gasteiger charge is 2.08. The summed E-state index contributed by atoms with van der Waals surface area (Å²) in [5.74, 6) is 0.396. The first-order valence-electron chi connectivity index (χ1n) is 4.83. The van der Waals surface area contributed by atoms with Gasteiger partial charge in [-0.05, 0) is 18.4 Å². The third-order valence-electron chi connectivity index (χ3n) is 1.84. The van der Waals surface area contributed by atoms with Gasteiger partial charge in [-0.1, -0.05) is 24.9 Å².